The zero-order valence-electron chi connectivity index (χ0n) is 6.34. The van der Waals surface area contributed by atoms with Crippen molar-refractivity contribution in [1.29, 1.82) is 5.26 Å². The van der Waals surface area contributed by atoms with E-state index >= 15 is 0 Å². The van der Waals surface area contributed by atoms with Gasteiger partial charge in [-0.25, -0.2) is 0 Å². The van der Waals surface area contributed by atoms with E-state index in [9.17, 15) is 4.91 Å². The van der Waals surface area contributed by atoms with E-state index in [-0.39, 0.29) is 0 Å². The molecule has 1 aromatic rings. The molecule has 0 heterocycles. The van der Waals surface area contributed by atoms with Crippen molar-refractivity contribution in [3.63, 3.8) is 0 Å². The van der Waals surface area contributed by atoms with Crippen molar-refractivity contribution < 1.29 is 0 Å². The summed E-state index contributed by atoms with van der Waals surface area (Å²) in [7, 11) is 0. The van der Waals surface area contributed by atoms with Crippen molar-refractivity contribution in [2.75, 3.05) is 0 Å². The van der Waals surface area contributed by atoms with Gasteiger partial charge in [0, 0.05) is 3.57 Å². The highest BCUT2D eigenvalue weighted by Crippen LogP contribution is 2.25. The summed E-state index contributed by atoms with van der Waals surface area (Å²) < 4.78 is 0.847. The average molecular weight is 272 g/mol. The fourth-order valence-corrected chi connectivity index (χ4v) is 1.61. The normalized spacial score (nSPS) is 9.08. The first-order valence-electron chi connectivity index (χ1n) is 3.23. The third-order valence-electron chi connectivity index (χ3n) is 1.60. The molecule has 0 N–H and O–H groups in total. The Labute approximate surface area is 83.5 Å². The van der Waals surface area contributed by atoms with Gasteiger partial charge in [-0.1, -0.05) is 0 Å². The van der Waals surface area contributed by atoms with Gasteiger partial charge >= 0.3 is 0 Å². The zero-order chi connectivity index (χ0) is 9.14. The van der Waals surface area contributed by atoms with Crippen LogP contribution in [0.1, 0.15) is 11.1 Å². The molecule has 1 rings (SSSR count). The van der Waals surface area contributed by atoms with Crippen LogP contribution in [0.25, 0.3) is 0 Å². The molecule has 0 saturated carbocycles. The smallest absolute Gasteiger partial charge is 0.112 e. The Morgan fingerprint density at radius 2 is 2.25 bits per heavy atom. The predicted octanol–water partition coefficient (Wildman–Crippen LogP) is 2.87. The summed E-state index contributed by atoms with van der Waals surface area (Å²) in [6, 6.07) is 5.36. The molecule has 0 bridgehead atoms. The summed E-state index contributed by atoms with van der Waals surface area (Å²) in [5.41, 5.74) is 1.53. The molecule has 0 unspecified atom stereocenters. The van der Waals surface area contributed by atoms with E-state index < -0.39 is 0 Å². The molecular formula is C8H5IN2O. The Morgan fingerprint density at radius 1 is 1.58 bits per heavy atom. The molecular weight excluding hydrogens is 267 g/mol. The first-order valence-corrected chi connectivity index (χ1v) is 4.31. The van der Waals surface area contributed by atoms with Gasteiger partial charge in [-0.15, -0.1) is 4.91 Å². The Balaban J connectivity index is 3.46. The van der Waals surface area contributed by atoms with Crippen molar-refractivity contribution in [2.45, 2.75) is 6.92 Å². The van der Waals surface area contributed by atoms with Crippen LogP contribution in [0.5, 0.6) is 0 Å². The van der Waals surface area contributed by atoms with E-state index in [1.807, 2.05) is 6.07 Å². The fourth-order valence-electron chi connectivity index (χ4n) is 0.904. The molecule has 12 heavy (non-hydrogen) atoms. The Kier molecular flexibility index (Phi) is 2.76. The lowest BCUT2D eigenvalue weighted by Gasteiger charge is -2.00. The number of nitroso groups, excluding NO2 is 1. The maximum absolute atomic E-state index is 10.2. The van der Waals surface area contributed by atoms with Crippen LogP contribution in [0.4, 0.5) is 5.69 Å². The second-order valence-electron chi connectivity index (χ2n) is 2.27. The first kappa shape index (κ1) is 9.13. The number of benzene rings is 1. The second kappa shape index (κ2) is 3.63. The summed E-state index contributed by atoms with van der Waals surface area (Å²) in [6.07, 6.45) is 0. The van der Waals surface area contributed by atoms with Gasteiger partial charge < -0.3 is 0 Å². The van der Waals surface area contributed by atoms with Crippen molar-refractivity contribution in [3.05, 3.63) is 31.7 Å². The lowest BCUT2D eigenvalue weighted by molar-refractivity contribution is 1.33. The Hall–Kier alpha value is -0.960. The van der Waals surface area contributed by atoms with E-state index in [1.54, 1.807) is 19.1 Å². The van der Waals surface area contributed by atoms with Gasteiger partial charge in [0.1, 0.15) is 11.8 Å². The van der Waals surface area contributed by atoms with E-state index in [4.69, 9.17) is 5.26 Å². The van der Waals surface area contributed by atoms with Gasteiger partial charge in [0.15, 0.2) is 0 Å². The SMILES string of the molecule is Cc1c(N=O)ccc(I)c1C#N. The van der Waals surface area contributed by atoms with Gasteiger partial charge in [-0.05, 0) is 52.4 Å². The average Bonchev–Trinajstić information content (AvgIpc) is 2.06. The van der Waals surface area contributed by atoms with Crippen LogP contribution in [-0.2, 0) is 0 Å². The standard InChI is InChI=1S/C8H5IN2O/c1-5-6(4-10)7(9)2-3-8(5)11-12/h2-3H,1H3. The molecule has 0 fully saturated rings. The minimum absolute atomic E-state index is 0.340. The van der Waals surface area contributed by atoms with Crippen molar-refractivity contribution in [2.24, 2.45) is 5.18 Å². The van der Waals surface area contributed by atoms with Gasteiger partial charge in [0.05, 0.1) is 5.56 Å². The van der Waals surface area contributed by atoms with Gasteiger partial charge in [-0.2, -0.15) is 5.26 Å². The number of halogens is 1. The Bertz CT molecular complexity index is 368. The molecule has 60 valence electrons. The van der Waals surface area contributed by atoms with Crippen LogP contribution in [0, 0.1) is 26.7 Å². The van der Waals surface area contributed by atoms with E-state index in [0.29, 0.717) is 16.8 Å². The van der Waals surface area contributed by atoms with Crippen LogP contribution >= 0.6 is 22.6 Å². The van der Waals surface area contributed by atoms with E-state index in [2.05, 4.69) is 27.8 Å². The summed E-state index contributed by atoms with van der Waals surface area (Å²) in [5.74, 6) is 0. The highest BCUT2D eigenvalue weighted by molar-refractivity contribution is 14.1. The van der Waals surface area contributed by atoms with E-state index in [1.165, 1.54) is 0 Å². The molecule has 0 aliphatic carbocycles. The quantitative estimate of drug-likeness (QED) is 0.583. The lowest BCUT2D eigenvalue weighted by Crippen LogP contribution is -1.86. The maximum Gasteiger partial charge on any atom is 0.112 e. The molecule has 0 saturated heterocycles. The molecule has 0 aliphatic rings. The molecule has 3 nitrogen and oxygen atoms in total. The van der Waals surface area contributed by atoms with Gasteiger partial charge in [0.25, 0.3) is 0 Å². The molecule has 0 aliphatic heterocycles. The zero-order valence-corrected chi connectivity index (χ0v) is 8.49. The van der Waals surface area contributed by atoms with Gasteiger partial charge in [-0.3, -0.25) is 0 Å². The lowest BCUT2D eigenvalue weighted by atomic mass is 10.1. The Morgan fingerprint density at radius 3 is 2.75 bits per heavy atom. The highest BCUT2D eigenvalue weighted by atomic mass is 127. The number of hydrogen-bond acceptors (Lipinski definition) is 3. The minimum Gasteiger partial charge on any atom is -0.192 e. The summed E-state index contributed by atoms with van der Waals surface area (Å²) in [6.45, 7) is 1.72. The predicted molar refractivity (Wildman–Crippen MR) is 54.1 cm³/mol. The topological polar surface area (TPSA) is 53.2 Å². The van der Waals surface area contributed by atoms with Crippen LogP contribution in [0.15, 0.2) is 17.3 Å². The third-order valence-corrected chi connectivity index (χ3v) is 2.49. The minimum atomic E-state index is 0.340. The number of nitrogens with zero attached hydrogens (tertiary/aromatic N) is 2. The van der Waals surface area contributed by atoms with Crippen LogP contribution in [0.3, 0.4) is 0 Å². The number of hydrogen-bond donors (Lipinski definition) is 0. The fraction of sp³-hybridized carbons (Fsp3) is 0.125. The molecule has 0 aromatic heterocycles. The summed E-state index contributed by atoms with van der Waals surface area (Å²) >= 11 is 2.05. The number of rotatable bonds is 1. The summed E-state index contributed by atoms with van der Waals surface area (Å²) in [4.78, 5) is 10.2. The highest BCUT2D eigenvalue weighted by Gasteiger charge is 2.07. The first-order chi connectivity index (χ1) is 5.70. The maximum atomic E-state index is 10.2. The van der Waals surface area contributed by atoms with E-state index in [0.717, 1.165) is 3.57 Å². The van der Waals surface area contributed by atoms with Crippen LogP contribution in [0.2, 0.25) is 0 Å². The van der Waals surface area contributed by atoms with Crippen molar-refractivity contribution in [3.8, 4) is 6.07 Å². The molecule has 0 amide bonds. The molecule has 0 radical (unpaired) electrons. The molecule has 0 atom stereocenters. The van der Waals surface area contributed by atoms with Crippen LogP contribution in [-0.4, -0.2) is 0 Å². The van der Waals surface area contributed by atoms with Crippen molar-refractivity contribution in [1.82, 2.24) is 0 Å². The third kappa shape index (κ3) is 1.46. The largest absolute Gasteiger partial charge is 0.192 e. The van der Waals surface area contributed by atoms with Gasteiger partial charge in [0.2, 0.25) is 0 Å². The molecule has 4 heteroatoms. The van der Waals surface area contributed by atoms with Crippen LogP contribution < -0.4 is 0 Å². The van der Waals surface area contributed by atoms with Crippen molar-refractivity contribution >= 4 is 28.3 Å². The molecule has 1 aromatic carbocycles. The summed E-state index contributed by atoms with van der Waals surface area (Å²) in [5, 5.41) is 11.5. The monoisotopic (exact) mass is 272 g/mol. The number of nitriles is 1. The molecule has 0 spiro atoms. The second-order valence-corrected chi connectivity index (χ2v) is 3.43.